The summed E-state index contributed by atoms with van der Waals surface area (Å²) in [4.78, 5) is 4.50. The third-order valence-corrected chi connectivity index (χ3v) is 3.22. The van der Waals surface area contributed by atoms with Gasteiger partial charge in [-0.25, -0.2) is 0 Å². The van der Waals surface area contributed by atoms with Gasteiger partial charge < -0.3 is 0 Å². The summed E-state index contributed by atoms with van der Waals surface area (Å²) in [5, 5.41) is 4.58. The Kier molecular flexibility index (Phi) is 4.54. The van der Waals surface area contributed by atoms with Crippen molar-refractivity contribution in [2.24, 2.45) is 0 Å². The first-order valence-corrected chi connectivity index (χ1v) is 6.78. The zero-order valence-corrected chi connectivity index (χ0v) is 11.6. The summed E-state index contributed by atoms with van der Waals surface area (Å²) < 4.78 is 0. The third-order valence-electron chi connectivity index (χ3n) is 3.22. The van der Waals surface area contributed by atoms with E-state index in [2.05, 4.69) is 47.4 Å². The zero-order chi connectivity index (χ0) is 13.7. The van der Waals surface area contributed by atoms with Gasteiger partial charge in [-0.05, 0) is 37.1 Å². The molecule has 2 heteroatoms. The maximum Gasteiger partial charge on any atom is 0.0705 e. The number of terminal acetylenes is 1. The number of fused-ring (bicyclic) bond motifs is 1. The molecule has 0 saturated carbocycles. The van der Waals surface area contributed by atoms with E-state index in [0.717, 1.165) is 30.6 Å². The van der Waals surface area contributed by atoms with Crippen LogP contribution in [0.4, 0.5) is 0 Å². The minimum Gasteiger partial charge on any atom is -0.300 e. The topological polar surface area (TPSA) is 24.9 Å². The molecule has 98 valence electrons. The Labute approximate surface area is 115 Å². The Bertz CT molecular complexity index is 596. The summed E-state index contributed by atoms with van der Waals surface area (Å²) in [7, 11) is 0. The van der Waals surface area contributed by atoms with Gasteiger partial charge in [0.2, 0.25) is 0 Å². The van der Waals surface area contributed by atoms with Crippen LogP contribution in [0.25, 0.3) is 10.9 Å². The number of aromatic nitrogens is 1. The molecule has 1 atom stereocenters. The molecular weight excluding hydrogens is 232 g/mol. The predicted molar refractivity (Wildman–Crippen MR) is 80.8 cm³/mol. The van der Waals surface area contributed by atoms with Crippen LogP contribution in [0.15, 0.2) is 30.3 Å². The third kappa shape index (κ3) is 3.56. The van der Waals surface area contributed by atoms with Crippen molar-refractivity contribution in [3.8, 4) is 12.3 Å². The van der Waals surface area contributed by atoms with E-state index in [0.29, 0.717) is 0 Å². The quantitative estimate of drug-likeness (QED) is 0.825. The fraction of sp³-hybridized carbons (Fsp3) is 0.353. The zero-order valence-electron chi connectivity index (χ0n) is 11.6. The molecule has 2 aromatic rings. The molecule has 0 fully saturated rings. The van der Waals surface area contributed by atoms with Gasteiger partial charge >= 0.3 is 0 Å². The van der Waals surface area contributed by atoms with Gasteiger partial charge in [0.05, 0.1) is 11.6 Å². The predicted octanol–water partition coefficient (Wildman–Crippen LogP) is 3.43. The summed E-state index contributed by atoms with van der Waals surface area (Å²) >= 11 is 0. The van der Waals surface area contributed by atoms with Crippen LogP contribution in [-0.4, -0.2) is 11.0 Å². The normalized spacial score (nSPS) is 12.3. The van der Waals surface area contributed by atoms with E-state index in [4.69, 9.17) is 6.42 Å². The van der Waals surface area contributed by atoms with Gasteiger partial charge in [-0.1, -0.05) is 31.4 Å². The highest BCUT2D eigenvalue weighted by molar-refractivity contribution is 5.79. The SMILES string of the molecule is C#CC(CCC)NCc1ccc2nc(C)ccc2c1. The second-order valence-corrected chi connectivity index (χ2v) is 4.87. The summed E-state index contributed by atoms with van der Waals surface area (Å²) in [6.45, 7) is 4.96. The Morgan fingerprint density at radius 1 is 1.32 bits per heavy atom. The summed E-state index contributed by atoms with van der Waals surface area (Å²) in [6, 6.07) is 10.7. The standard InChI is InChI=1S/C17H20N2/c1-4-6-16(5-2)18-12-14-8-10-17-15(11-14)9-7-13(3)19-17/h2,7-11,16,18H,4,6,12H2,1,3H3. The number of hydrogen-bond acceptors (Lipinski definition) is 2. The van der Waals surface area contributed by atoms with E-state index in [9.17, 15) is 0 Å². The number of hydrogen-bond donors (Lipinski definition) is 1. The van der Waals surface area contributed by atoms with Crippen LogP contribution in [0.3, 0.4) is 0 Å². The van der Waals surface area contributed by atoms with Crippen LogP contribution in [0.2, 0.25) is 0 Å². The van der Waals surface area contributed by atoms with Gasteiger partial charge in [-0.2, -0.15) is 0 Å². The molecule has 1 N–H and O–H groups in total. The first-order valence-electron chi connectivity index (χ1n) is 6.78. The molecule has 0 aliphatic rings. The van der Waals surface area contributed by atoms with E-state index < -0.39 is 0 Å². The molecule has 0 saturated heterocycles. The Morgan fingerprint density at radius 3 is 2.89 bits per heavy atom. The molecule has 0 bridgehead atoms. The largest absolute Gasteiger partial charge is 0.300 e. The average Bonchev–Trinajstić information content (AvgIpc) is 2.43. The van der Waals surface area contributed by atoms with Crippen LogP contribution in [-0.2, 0) is 6.54 Å². The number of benzene rings is 1. The Balaban J connectivity index is 2.09. The number of aryl methyl sites for hydroxylation is 1. The molecule has 0 amide bonds. The summed E-state index contributed by atoms with van der Waals surface area (Å²) in [5.74, 6) is 2.79. The van der Waals surface area contributed by atoms with Gasteiger partial charge in [0.25, 0.3) is 0 Å². The van der Waals surface area contributed by atoms with E-state index in [-0.39, 0.29) is 6.04 Å². The smallest absolute Gasteiger partial charge is 0.0705 e. The van der Waals surface area contributed by atoms with Crippen LogP contribution in [0, 0.1) is 19.3 Å². The van der Waals surface area contributed by atoms with Gasteiger partial charge in [0.15, 0.2) is 0 Å². The number of nitrogens with one attached hydrogen (secondary N) is 1. The Hall–Kier alpha value is -1.85. The molecule has 19 heavy (non-hydrogen) atoms. The van der Waals surface area contributed by atoms with Crippen molar-refractivity contribution in [2.75, 3.05) is 0 Å². The number of nitrogens with zero attached hydrogens (tertiary/aromatic N) is 1. The maximum atomic E-state index is 5.51. The molecule has 1 unspecified atom stereocenters. The van der Waals surface area contributed by atoms with Crippen molar-refractivity contribution in [3.63, 3.8) is 0 Å². The van der Waals surface area contributed by atoms with Crippen molar-refractivity contribution in [1.29, 1.82) is 0 Å². The molecular formula is C17H20N2. The van der Waals surface area contributed by atoms with Crippen molar-refractivity contribution >= 4 is 10.9 Å². The molecule has 2 rings (SSSR count). The van der Waals surface area contributed by atoms with Crippen molar-refractivity contribution in [2.45, 2.75) is 39.3 Å². The molecule has 0 radical (unpaired) electrons. The first kappa shape index (κ1) is 13.6. The monoisotopic (exact) mass is 252 g/mol. The van der Waals surface area contributed by atoms with Crippen molar-refractivity contribution < 1.29 is 0 Å². The maximum absolute atomic E-state index is 5.51. The van der Waals surface area contributed by atoms with Crippen molar-refractivity contribution in [1.82, 2.24) is 10.3 Å². The summed E-state index contributed by atoms with van der Waals surface area (Å²) in [5.41, 5.74) is 3.34. The molecule has 2 nitrogen and oxygen atoms in total. The van der Waals surface area contributed by atoms with Gasteiger partial charge in [-0.15, -0.1) is 6.42 Å². The van der Waals surface area contributed by atoms with Gasteiger partial charge in [0, 0.05) is 17.6 Å². The Morgan fingerprint density at radius 2 is 2.16 bits per heavy atom. The average molecular weight is 252 g/mol. The lowest BCUT2D eigenvalue weighted by atomic mass is 10.1. The lowest BCUT2D eigenvalue weighted by molar-refractivity contribution is 0.563. The van der Waals surface area contributed by atoms with E-state index >= 15 is 0 Å². The van der Waals surface area contributed by atoms with Crippen LogP contribution in [0.1, 0.15) is 31.0 Å². The lowest BCUT2D eigenvalue weighted by Crippen LogP contribution is -2.26. The molecule has 0 spiro atoms. The minimum absolute atomic E-state index is 0.164. The number of pyridine rings is 1. The van der Waals surface area contributed by atoms with Gasteiger partial charge in [0.1, 0.15) is 0 Å². The lowest BCUT2D eigenvalue weighted by Gasteiger charge is -2.12. The van der Waals surface area contributed by atoms with Crippen molar-refractivity contribution in [3.05, 3.63) is 41.6 Å². The van der Waals surface area contributed by atoms with E-state index in [1.165, 1.54) is 10.9 Å². The molecule has 0 aliphatic heterocycles. The summed E-state index contributed by atoms with van der Waals surface area (Å²) in [6.07, 6.45) is 7.63. The van der Waals surface area contributed by atoms with Gasteiger partial charge in [-0.3, -0.25) is 10.3 Å². The molecule has 1 aromatic heterocycles. The second kappa shape index (κ2) is 6.36. The molecule has 1 heterocycles. The van der Waals surface area contributed by atoms with E-state index in [1.54, 1.807) is 0 Å². The first-order chi connectivity index (χ1) is 9.22. The van der Waals surface area contributed by atoms with Crippen LogP contribution in [0.5, 0.6) is 0 Å². The molecule has 0 aliphatic carbocycles. The fourth-order valence-corrected chi connectivity index (χ4v) is 2.16. The highest BCUT2D eigenvalue weighted by Gasteiger charge is 2.03. The van der Waals surface area contributed by atoms with E-state index in [1.807, 2.05) is 13.0 Å². The second-order valence-electron chi connectivity index (χ2n) is 4.87. The number of rotatable bonds is 5. The van der Waals surface area contributed by atoms with Crippen LogP contribution < -0.4 is 5.32 Å². The highest BCUT2D eigenvalue weighted by Crippen LogP contribution is 2.15. The fourth-order valence-electron chi connectivity index (χ4n) is 2.16. The highest BCUT2D eigenvalue weighted by atomic mass is 14.9. The van der Waals surface area contributed by atoms with Crippen LogP contribution >= 0.6 is 0 Å². The minimum atomic E-state index is 0.164. The molecule has 1 aromatic carbocycles.